The van der Waals surface area contributed by atoms with Crippen molar-refractivity contribution in [2.24, 2.45) is 0 Å². The molecule has 17 heavy (non-hydrogen) atoms. The van der Waals surface area contributed by atoms with E-state index >= 15 is 0 Å². The van der Waals surface area contributed by atoms with Gasteiger partial charge in [0.05, 0.1) is 5.52 Å². The van der Waals surface area contributed by atoms with Gasteiger partial charge in [0.1, 0.15) is 5.82 Å². The van der Waals surface area contributed by atoms with Crippen LogP contribution in [-0.2, 0) is 0 Å². The Morgan fingerprint density at radius 1 is 1.35 bits per heavy atom. The first-order valence-electron chi connectivity index (χ1n) is 5.61. The molecule has 1 aromatic carbocycles. The lowest BCUT2D eigenvalue weighted by atomic mass is 10.2. The highest BCUT2D eigenvalue weighted by Crippen LogP contribution is 2.18. The summed E-state index contributed by atoms with van der Waals surface area (Å²) in [6.07, 6.45) is 2.11. The van der Waals surface area contributed by atoms with Gasteiger partial charge >= 0.3 is 0 Å². The van der Waals surface area contributed by atoms with Gasteiger partial charge in [0.2, 0.25) is 0 Å². The lowest BCUT2D eigenvalue weighted by Gasteiger charge is -2.13. The minimum Gasteiger partial charge on any atom is -0.399 e. The number of rotatable bonds is 4. The summed E-state index contributed by atoms with van der Waals surface area (Å²) in [5.41, 5.74) is 7.48. The van der Waals surface area contributed by atoms with E-state index in [1.807, 2.05) is 42.1 Å². The molecular formula is C13H17N3S. The predicted molar refractivity (Wildman–Crippen MR) is 77.6 cm³/mol. The van der Waals surface area contributed by atoms with Crippen LogP contribution in [0, 0.1) is 0 Å². The van der Waals surface area contributed by atoms with E-state index in [1.165, 1.54) is 0 Å². The molecule has 0 aliphatic carbocycles. The van der Waals surface area contributed by atoms with Gasteiger partial charge in [0.15, 0.2) is 0 Å². The standard InChI is InChI=1S/C13H17N3S/c1-9(8-17-2)15-13-6-3-10-7-11(14)4-5-12(10)16-13/h3-7,9H,8,14H2,1-2H3,(H,15,16). The highest BCUT2D eigenvalue weighted by molar-refractivity contribution is 7.98. The third kappa shape index (κ3) is 3.03. The van der Waals surface area contributed by atoms with Crippen molar-refractivity contribution >= 4 is 34.2 Å². The van der Waals surface area contributed by atoms with Crippen molar-refractivity contribution in [3.05, 3.63) is 30.3 Å². The molecule has 0 radical (unpaired) electrons. The zero-order valence-electron chi connectivity index (χ0n) is 10.1. The van der Waals surface area contributed by atoms with E-state index < -0.39 is 0 Å². The third-order valence-corrected chi connectivity index (χ3v) is 3.36. The molecule has 0 fully saturated rings. The van der Waals surface area contributed by atoms with Crippen LogP contribution in [0.3, 0.4) is 0 Å². The average molecular weight is 247 g/mol. The topological polar surface area (TPSA) is 50.9 Å². The first-order chi connectivity index (χ1) is 8.19. The molecule has 2 aromatic rings. The van der Waals surface area contributed by atoms with Crippen LogP contribution in [0.4, 0.5) is 11.5 Å². The van der Waals surface area contributed by atoms with Gasteiger partial charge in [-0.1, -0.05) is 0 Å². The van der Waals surface area contributed by atoms with Crippen molar-refractivity contribution in [1.29, 1.82) is 0 Å². The maximum Gasteiger partial charge on any atom is 0.126 e. The Balaban J connectivity index is 2.23. The molecule has 1 aromatic heterocycles. The number of hydrogen-bond acceptors (Lipinski definition) is 4. The van der Waals surface area contributed by atoms with Crippen molar-refractivity contribution in [3.63, 3.8) is 0 Å². The number of fused-ring (bicyclic) bond motifs is 1. The number of anilines is 2. The molecule has 90 valence electrons. The molecule has 1 unspecified atom stereocenters. The van der Waals surface area contributed by atoms with Crippen molar-refractivity contribution in [2.75, 3.05) is 23.1 Å². The number of aromatic nitrogens is 1. The maximum absolute atomic E-state index is 5.74. The molecule has 1 heterocycles. The number of nitrogens with two attached hydrogens (primary N) is 1. The Morgan fingerprint density at radius 3 is 2.94 bits per heavy atom. The van der Waals surface area contributed by atoms with Crippen LogP contribution in [0.5, 0.6) is 0 Å². The Kier molecular flexibility index (Phi) is 3.74. The van der Waals surface area contributed by atoms with E-state index in [0.717, 1.165) is 28.2 Å². The molecule has 0 saturated heterocycles. The quantitative estimate of drug-likeness (QED) is 0.816. The summed E-state index contributed by atoms with van der Waals surface area (Å²) >= 11 is 1.83. The number of hydrogen-bond donors (Lipinski definition) is 2. The van der Waals surface area contributed by atoms with Gasteiger partial charge in [-0.05, 0) is 43.5 Å². The second kappa shape index (κ2) is 5.27. The van der Waals surface area contributed by atoms with Crippen molar-refractivity contribution < 1.29 is 0 Å². The van der Waals surface area contributed by atoms with Gasteiger partial charge in [-0.25, -0.2) is 4.98 Å². The molecule has 0 bridgehead atoms. The monoisotopic (exact) mass is 247 g/mol. The summed E-state index contributed by atoms with van der Waals surface area (Å²) in [5.74, 6) is 1.99. The molecule has 0 amide bonds. The van der Waals surface area contributed by atoms with Crippen LogP contribution in [0.1, 0.15) is 6.92 Å². The van der Waals surface area contributed by atoms with Gasteiger partial charge < -0.3 is 11.1 Å². The molecule has 3 N–H and O–H groups in total. The van der Waals surface area contributed by atoms with E-state index in [1.54, 1.807) is 0 Å². The number of benzene rings is 1. The highest BCUT2D eigenvalue weighted by atomic mass is 32.2. The maximum atomic E-state index is 5.74. The molecule has 2 rings (SSSR count). The van der Waals surface area contributed by atoms with Crippen LogP contribution in [0.15, 0.2) is 30.3 Å². The molecule has 0 aliphatic rings. The third-order valence-electron chi connectivity index (χ3n) is 2.52. The Labute approximate surface area is 106 Å². The van der Waals surface area contributed by atoms with E-state index in [9.17, 15) is 0 Å². The predicted octanol–water partition coefficient (Wildman–Crippen LogP) is 2.98. The highest BCUT2D eigenvalue weighted by Gasteiger charge is 2.03. The molecule has 0 aliphatic heterocycles. The molecule has 4 heteroatoms. The minimum absolute atomic E-state index is 0.420. The first-order valence-corrected chi connectivity index (χ1v) is 7.00. The van der Waals surface area contributed by atoms with Gasteiger partial charge in [-0.3, -0.25) is 0 Å². The minimum atomic E-state index is 0.420. The molecule has 0 spiro atoms. The van der Waals surface area contributed by atoms with Crippen LogP contribution in [0.2, 0.25) is 0 Å². The SMILES string of the molecule is CSCC(C)Nc1ccc2cc(N)ccc2n1. The van der Waals surface area contributed by atoms with Crippen molar-refractivity contribution in [2.45, 2.75) is 13.0 Å². The van der Waals surface area contributed by atoms with Crippen LogP contribution >= 0.6 is 11.8 Å². The number of nitrogen functional groups attached to an aromatic ring is 1. The van der Waals surface area contributed by atoms with Crippen LogP contribution in [-0.4, -0.2) is 23.0 Å². The van der Waals surface area contributed by atoms with Crippen molar-refractivity contribution in [1.82, 2.24) is 4.98 Å². The summed E-state index contributed by atoms with van der Waals surface area (Å²) in [4.78, 5) is 4.56. The summed E-state index contributed by atoms with van der Waals surface area (Å²) in [5, 5.41) is 4.46. The van der Waals surface area contributed by atoms with E-state index in [-0.39, 0.29) is 0 Å². The zero-order valence-corrected chi connectivity index (χ0v) is 10.9. The van der Waals surface area contributed by atoms with Gasteiger partial charge in [-0.2, -0.15) is 11.8 Å². The molecular weight excluding hydrogens is 230 g/mol. The van der Waals surface area contributed by atoms with Crippen LogP contribution < -0.4 is 11.1 Å². The number of nitrogens with zero attached hydrogens (tertiary/aromatic N) is 1. The normalized spacial score (nSPS) is 12.6. The van der Waals surface area contributed by atoms with Gasteiger partial charge in [-0.15, -0.1) is 0 Å². The Bertz CT molecular complexity index is 513. The fourth-order valence-corrected chi connectivity index (χ4v) is 2.35. The Hall–Kier alpha value is -1.42. The second-order valence-corrected chi connectivity index (χ2v) is 5.06. The van der Waals surface area contributed by atoms with Crippen molar-refractivity contribution in [3.8, 4) is 0 Å². The summed E-state index contributed by atoms with van der Waals surface area (Å²) in [7, 11) is 0. The summed E-state index contributed by atoms with van der Waals surface area (Å²) in [6, 6.07) is 10.2. The summed E-state index contributed by atoms with van der Waals surface area (Å²) in [6.45, 7) is 2.16. The van der Waals surface area contributed by atoms with E-state index in [4.69, 9.17) is 5.73 Å². The summed E-state index contributed by atoms with van der Waals surface area (Å²) < 4.78 is 0. The van der Waals surface area contributed by atoms with Gasteiger partial charge in [0, 0.05) is 22.9 Å². The lowest BCUT2D eigenvalue weighted by Crippen LogP contribution is -2.18. The Morgan fingerprint density at radius 2 is 2.18 bits per heavy atom. The first kappa shape index (κ1) is 12.0. The van der Waals surface area contributed by atoms with Crippen LogP contribution in [0.25, 0.3) is 10.9 Å². The zero-order chi connectivity index (χ0) is 12.3. The molecule has 1 atom stereocenters. The fraction of sp³-hybridized carbons (Fsp3) is 0.308. The van der Waals surface area contributed by atoms with E-state index in [2.05, 4.69) is 23.5 Å². The second-order valence-electron chi connectivity index (χ2n) is 4.15. The molecule has 0 saturated carbocycles. The average Bonchev–Trinajstić information content (AvgIpc) is 2.29. The fourth-order valence-electron chi connectivity index (χ4n) is 1.77. The van der Waals surface area contributed by atoms with E-state index in [0.29, 0.717) is 6.04 Å². The lowest BCUT2D eigenvalue weighted by molar-refractivity contribution is 0.905. The number of pyridine rings is 1. The number of thioether (sulfide) groups is 1. The van der Waals surface area contributed by atoms with Gasteiger partial charge in [0.25, 0.3) is 0 Å². The largest absolute Gasteiger partial charge is 0.399 e. The molecule has 3 nitrogen and oxygen atoms in total. The smallest absolute Gasteiger partial charge is 0.126 e. The number of nitrogens with one attached hydrogen (secondary N) is 1.